The van der Waals surface area contributed by atoms with Crippen molar-refractivity contribution in [3.63, 3.8) is 0 Å². The molecule has 2 aliphatic rings. The van der Waals surface area contributed by atoms with Crippen molar-refractivity contribution in [1.82, 2.24) is 4.90 Å². The second kappa shape index (κ2) is 8.70. The van der Waals surface area contributed by atoms with Gasteiger partial charge in [0.1, 0.15) is 0 Å². The lowest BCUT2D eigenvalue weighted by molar-refractivity contribution is 0.0818. The van der Waals surface area contributed by atoms with Gasteiger partial charge >= 0.3 is 6.09 Å². The Balaban J connectivity index is 1.60. The molecule has 4 heteroatoms. The van der Waals surface area contributed by atoms with Gasteiger partial charge in [-0.1, -0.05) is 38.1 Å². The highest BCUT2D eigenvalue weighted by Gasteiger charge is 2.28. The van der Waals surface area contributed by atoms with E-state index >= 15 is 0 Å². The molecular weight excluding hydrogens is 314 g/mol. The molecule has 0 N–H and O–H groups in total. The first-order chi connectivity index (χ1) is 12.1. The van der Waals surface area contributed by atoms with Crippen molar-refractivity contribution in [2.45, 2.75) is 51.4 Å². The Hall–Kier alpha value is -1.55. The molecule has 0 radical (unpaired) electrons. The number of likely N-dealkylation sites (tertiary alicyclic amines) is 1. The molecule has 2 aliphatic heterocycles. The third-order valence-corrected chi connectivity index (χ3v) is 5.39. The predicted octanol–water partition coefficient (Wildman–Crippen LogP) is 4.55. The molecule has 25 heavy (non-hydrogen) atoms. The maximum atomic E-state index is 12.1. The van der Waals surface area contributed by atoms with Crippen LogP contribution in [0.4, 0.5) is 4.79 Å². The largest absolute Gasteiger partial charge is 0.449 e. The Kier molecular flexibility index (Phi) is 6.35. The molecule has 0 aromatic heterocycles. The Bertz CT molecular complexity index is 558. The molecule has 0 atom stereocenters. The summed E-state index contributed by atoms with van der Waals surface area (Å²) in [5.74, 6) is 1.56. The van der Waals surface area contributed by atoms with Crippen LogP contribution in [-0.4, -0.2) is 43.9 Å². The number of rotatable bonds is 4. The van der Waals surface area contributed by atoms with Gasteiger partial charge in [0.2, 0.25) is 0 Å². The SMILES string of the molecule is CC(C)COC(=O)N1CCC(c2ccccc2C2CCOCC2)CC1. The maximum Gasteiger partial charge on any atom is 0.409 e. The first-order valence-corrected chi connectivity index (χ1v) is 9.73. The molecule has 0 saturated carbocycles. The van der Waals surface area contributed by atoms with Crippen LogP contribution in [0.15, 0.2) is 24.3 Å². The summed E-state index contributed by atoms with van der Waals surface area (Å²) in [5, 5.41) is 0. The fourth-order valence-corrected chi connectivity index (χ4v) is 3.97. The summed E-state index contributed by atoms with van der Waals surface area (Å²) in [6, 6.07) is 8.91. The van der Waals surface area contributed by atoms with E-state index < -0.39 is 0 Å². The molecule has 1 amide bonds. The van der Waals surface area contributed by atoms with Crippen molar-refractivity contribution in [2.24, 2.45) is 5.92 Å². The van der Waals surface area contributed by atoms with Gasteiger partial charge in [-0.3, -0.25) is 0 Å². The molecule has 2 fully saturated rings. The van der Waals surface area contributed by atoms with Crippen LogP contribution in [0.5, 0.6) is 0 Å². The van der Waals surface area contributed by atoms with Gasteiger partial charge in [0.25, 0.3) is 0 Å². The smallest absolute Gasteiger partial charge is 0.409 e. The van der Waals surface area contributed by atoms with Crippen molar-refractivity contribution in [3.8, 4) is 0 Å². The highest BCUT2D eigenvalue weighted by Crippen LogP contribution is 2.37. The number of carbonyl (C=O) groups excluding carboxylic acids is 1. The second-order valence-corrected chi connectivity index (χ2v) is 7.75. The number of benzene rings is 1. The molecular formula is C21H31NO3. The summed E-state index contributed by atoms with van der Waals surface area (Å²) >= 11 is 0. The molecule has 4 nitrogen and oxygen atoms in total. The Morgan fingerprint density at radius 2 is 1.64 bits per heavy atom. The lowest BCUT2D eigenvalue weighted by atomic mass is 9.80. The fourth-order valence-electron chi connectivity index (χ4n) is 3.97. The minimum atomic E-state index is -0.148. The van der Waals surface area contributed by atoms with Crippen molar-refractivity contribution >= 4 is 6.09 Å². The van der Waals surface area contributed by atoms with Gasteiger partial charge in [0.05, 0.1) is 6.61 Å². The van der Waals surface area contributed by atoms with Gasteiger partial charge in [-0.25, -0.2) is 4.79 Å². The van der Waals surface area contributed by atoms with Crippen LogP contribution >= 0.6 is 0 Å². The van der Waals surface area contributed by atoms with Crippen LogP contribution in [0.3, 0.4) is 0 Å². The lowest BCUT2D eigenvalue weighted by Gasteiger charge is -2.34. The van der Waals surface area contributed by atoms with Gasteiger partial charge in [-0.15, -0.1) is 0 Å². The number of amides is 1. The molecule has 0 spiro atoms. The number of carbonyl (C=O) groups is 1. The quantitative estimate of drug-likeness (QED) is 0.803. The monoisotopic (exact) mass is 345 g/mol. The average molecular weight is 345 g/mol. The van der Waals surface area contributed by atoms with Crippen LogP contribution in [0.2, 0.25) is 0 Å². The number of hydrogen-bond acceptors (Lipinski definition) is 3. The highest BCUT2D eigenvalue weighted by atomic mass is 16.6. The summed E-state index contributed by atoms with van der Waals surface area (Å²) < 4.78 is 10.9. The van der Waals surface area contributed by atoms with E-state index in [9.17, 15) is 4.79 Å². The summed E-state index contributed by atoms with van der Waals surface area (Å²) in [6.07, 6.45) is 4.15. The minimum Gasteiger partial charge on any atom is -0.449 e. The van der Waals surface area contributed by atoms with Crippen molar-refractivity contribution in [1.29, 1.82) is 0 Å². The zero-order valence-corrected chi connectivity index (χ0v) is 15.6. The maximum absolute atomic E-state index is 12.1. The predicted molar refractivity (Wildman–Crippen MR) is 99.0 cm³/mol. The molecule has 2 saturated heterocycles. The second-order valence-electron chi connectivity index (χ2n) is 7.75. The van der Waals surface area contributed by atoms with Crippen molar-refractivity contribution in [3.05, 3.63) is 35.4 Å². The third kappa shape index (κ3) is 4.75. The minimum absolute atomic E-state index is 0.148. The molecule has 2 heterocycles. The molecule has 0 unspecified atom stereocenters. The molecule has 1 aromatic rings. The Morgan fingerprint density at radius 1 is 1.08 bits per heavy atom. The van der Waals surface area contributed by atoms with E-state index in [2.05, 4.69) is 38.1 Å². The van der Waals surface area contributed by atoms with Gasteiger partial charge in [0, 0.05) is 26.3 Å². The number of ether oxygens (including phenoxy) is 2. The van der Waals surface area contributed by atoms with Gasteiger partial charge < -0.3 is 14.4 Å². The van der Waals surface area contributed by atoms with Gasteiger partial charge in [0.15, 0.2) is 0 Å². The first-order valence-electron chi connectivity index (χ1n) is 9.73. The fraction of sp³-hybridized carbons (Fsp3) is 0.667. The van der Waals surface area contributed by atoms with Gasteiger partial charge in [-0.05, 0) is 54.6 Å². The van der Waals surface area contributed by atoms with Crippen molar-refractivity contribution in [2.75, 3.05) is 32.9 Å². The zero-order valence-electron chi connectivity index (χ0n) is 15.6. The number of hydrogen-bond donors (Lipinski definition) is 0. The van der Waals surface area contributed by atoms with Crippen LogP contribution in [0.1, 0.15) is 62.5 Å². The molecule has 0 bridgehead atoms. The molecule has 138 valence electrons. The topological polar surface area (TPSA) is 38.8 Å². The Labute approximate surface area is 151 Å². The van der Waals surface area contributed by atoms with Crippen LogP contribution in [-0.2, 0) is 9.47 Å². The van der Waals surface area contributed by atoms with Crippen molar-refractivity contribution < 1.29 is 14.3 Å². The third-order valence-electron chi connectivity index (χ3n) is 5.39. The van der Waals surface area contributed by atoms with Crippen LogP contribution in [0.25, 0.3) is 0 Å². The van der Waals surface area contributed by atoms with E-state index in [1.165, 1.54) is 11.1 Å². The normalized spacial score (nSPS) is 20.0. The summed E-state index contributed by atoms with van der Waals surface area (Å²) in [7, 11) is 0. The summed E-state index contributed by atoms with van der Waals surface area (Å²) in [6.45, 7) is 7.97. The standard InChI is InChI=1S/C21H31NO3/c1-16(2)15-25-21(23)22-11-7-17(8-12-22)19-5-3-4-6-20(19)18-9-13-24-14-10-18/h3-6,16-18H,7-15H2,1-2H3. The summed E-state index contributed by atoms with van der Waals surface area (Å²) in [5.41, 5.74) is 3.00. The van der Waals surface area contributed by atoms with E-state index in [-0.39, 0.29) is 6.09 Å². The van der Waals surface area contributed by atoms with E-state index in [1.807, 2.05) is 4.90 Å². The summed E-state index contributed by atoms with van der Waals surface area (Å²) in [4.78, 5) is 14.0. The van der Waals surface area contributed by atoms with Gasteiger partial charge in [-0.2, -0.15) is 0 Å². The van der Waals surface area contributed by atoms with E-state index in [1.54, 1.807) is 0 Å². The molecule has 3 rings (SSSR count). The molecule has 0 aliphatic carbocycles. The first kappa shape index (κ1) is 18.2. The van der Waals surface area contributed by atoms with E-state index in [0.717, 1.165) is 52.0 Å². The average Bonchev–Trinajstić information content (AvgIpc) is 2.67. The molecule has 1 aromatic carbocycles. The van der Waals surface area contributed by atoms with Crippen LogP contribution in [0, 0.1) is 5.92 Å². The van der Waals surface area contributed by atoms with E-state index in [4.69, 9.17) is 9.47 Å². The highest BCUT2D eigenvalue weighted by molar-refractivity contribution is 5.67. The van der Waals surface area contributed by atoms with Crippen LogP contribution < -0.4 is 0 Å². The van der Waals surface area contributed by atoms with E-state index in [0.29, 0.717) is 24.4 Å². The zero-order chi connectivity index (χ0) is 17.6. The number of piperidine rings is 1. The lowest BCUT2D eigenvalue weighted by Crippen LogP contribution is -2.38. The number of nitrogens with zero attached hydrogens (tertiary/aromatic N) is 1. The Morgan fingerprint density at radius 3 is 2.20 bits per heavy atom.